The molecule has 1 atom stereocenters. The van der Waals surface area contributed by atoms with Crippen LogP contribution in [-0.2, 0) is 0 Å². The van der Waals surface area contributed by atoms with Crippen LogP contribution in [0.1, 0.15) is 29.5 Å². The lowest BCUT2D eigenvalue weighted by atomic mass is 9.88. The van der Waals surface area contributed by atoms with E-state index in [1.165, 1.54) is 16.2 Å². The van der Waals surface area contributed by atoms with Gasteiger partial charge in [0.2, 0.25) is 0 Å². The minimum Gasteiger partial charge on any atom is -0.456 e. The summed E-state index contributed by atoms with van der Waals surface area (Å²) >= 11 is 0. The zero-order valence-corrected chi connectivity index (χ0v) is 26.4. The molecule has 0 spiro atoms. The zero-order valence-electron chi connectivity index (χ0n) is 26.4. The molecule has 0 bridgehead atoms. The molecule has 3 heterocycles. The zero-order chi connectivity index (χ0) is 32.3. The van der Waals surface area contributed by atoms with E-state index in [0.29, 0.717) is 11.6 Å². The van der Waals surface area contributed by atoms with Gasteiger partial charge in [-0.1, -0.05) is 121 Å². The molecule has 1 unspecified atom stereocenters. The Bertz CT molecular complexity index is 2760. The minimum absolute atomic E-state index is 0.0658. The number of aromatic nitrogens is 4. The number of allylic oxidation sites excluding steroid dienone is 1. The fraction of sp³-hybridized carbons (Fsp3) is 0.0455. The molecule has 1 aliphatic rings. The lowest BCUT2D eigenvalue weighted by Gasteiger charge is -2.19. The molecule has 10 rings (SSSR count). The third kappa shape index (κ3) is 4.54. The highest BCUT2D eigenvalue weighted by Gasteiger charge is 2.28. The van der Waals surface area contributed by atoms with E-state index in [9.17, 15) is 0 Å². The average molecular weight is 629 g/mol. The van der Waals surface area contributed by atoms with E-state index in [1.54, 1.807) is 0 Å². The van der Waals surface area contributed by atoms with Crippen LogP contribution in [0.15, 0.2) is 150 Å². The molecule has 6 aromatic carbocycles. The molecule has 5 heteroatoms. The molecule has 0 saturated heterocycles. The lowest BCUT2D eigenvalue weighted by molar-refractivity contribution is 0.586. The van der Waals surface area contributed by atoms with Gasteiger partial charge in [0.15, 0.2) is 11.6 Å². The van der Waals surface area contributed by atoms with Crippen molar-refractivity contribution >= 4 is 49.5 Å². The molecular weight excluding hydrogens is 601 g/mol. The van der Waals surface area contributed by atoms with Crippen molar-refractivity contribution in [3.63, 3.8) is 0 Å². The molecule has 0 N–H and O–H groups in total. The standard InChI is InChI=1S/C44H28N4O/c1-2-10-29(11-3-1)42-46-43(48-44(47-42)36-18-8-20-38-40(36)35-16-4-5-19-37(35)49-38)31-14-6-13-30(26-31)32-17-7-12-27-21-24-34-33(39(27)32)23-22-28-15-9-25-45-41(28)34/h1-17,19-26,36H,18H2. The van der Waals surface area contributed by atoms with Crippen LogP contribution in [0.4, 0.5) is 0 Å². The van der Waals surface area contributed by atoms with Crippen LogP contribution < -0.4 is 0 Å². The number of hydrogen-bond donors (Lipinski definition) is 0. The summed E-state index contributed by atoms with van der Waals surface area (Å²) in [5, 5.41) is 6.97. The highest BCUT2D eigenvalue weighted by atomic mass is 16.3. The van der Waals surface area contributed by atoms with Crippen LogP contribution in [0.5, 0.6) is 0 Å². The Morgan fingerprint density at radius 2 is 1.33 bits per heavy atom. The van der Waals surface area contributed by atoms with Gasteiger partial charge in [-0.25, -0.2) is 15.0 Å². The average Bonchev–Trinajstić information content (AvgIpc) is 3.57. The smallest absolute Gasteiger partial charge is 0.163 e. The topological polar surface area (TPSA) is 64.7 Å². The Kier molecular flexibility index (Phi) is 6.24. The van der Waals surface area contributed by atoms with Gasteiger partial charge in [0.25, 0.3) is 0 Å². The third-order valence-electron chi connectivity index (χ3n) is 9.69. The van der Waals surface area contributed by atoms with Gasteiger partial charge in [-0.15, -0.1) is 0 Å². The van der Waals surface area contributed by atoms with Crippen molar-refractivity contribution in [3.8, 4) is 33.9 Å². The maximum atomic E-state index is 6.26. The number of fused-ring (bicyclic) bond motifs is 8. The fourth-order valence-electron chi connectivity index (χ4n) is 7.43. The number of rotatable bonds is 4. The van der Waals surface area contributed by atoms with Crippen LogP contribution >= 0.6 is 0 Å². The maximum Gasteiger partial charge on any atom is 0.163 e. The first-order valence-electron chi connectivity index (χ1n) is 16.6. The molecule has 0 aliphatic heterocycles. The molecule has 49 heavy (non-hydrogen) atoms. The van der Waals surface area contributed by atoms with E-state index < -0.39 is 0 Å². The van der Waals surface area contributed by atoms with Gasteiger partial charge in [-0.2, -0.15) is 0 Å². The van der Waals surface area contributed by atoms with Gasteiger partial charge >= 0.3 is 0 Å². The minimum atomic E-state index is -0.0658. The van der Waals surface area contributed by atoms with Crippen molar-refractivity contribution in [3.05, 3.63) is 163 Å². The lowest BCUT2D eigenvalue weighted by Crippen LogP contribution is -2.11. The molecule has 0 fully saturated rings. The first kappa shape index (κ1) is 27.6. The van der Waals surface area contributed by atoms with Crippen LogP contribution in [0.3, 0.4) is 0 Å². The van der Waals surface area contributed by atoms with E-state index >= 15 is 0 Å². The van der Waals surface area contributed by atoms with Crippen molar-refractivity contribution in [2.75, 3.05) is 0 Å². The predicted octanol–water partition coefficient (Wildman–Crippen LogP) is 11.0. The van der Waals surface area contributed by atoms with E-state index in [-0.39, 0.29) is 5.92 Å². The molecule has 9 aromatic rings. The largest absolute Gasteiger partial charge is 0.456 e. The SMILES string of the molecule is C1=Cc2oc3ccccc3c2C(c2nc(-c3ccccc3)nc(-c3cccc(-c4cccc5ccc6c(ccc7cccnc76)c45)c3)n2)C1. The fourth-order valence-corrected chi connectivity index (χ4v) is 7.43. The van der Waals surface area contributed by atoms with Gasteiger partial charge < -0.3 is 4.42 Å². The van der Waals surface area contributed by atoms with Crippen molar-refractivity contribution in [1.82, 2.24) is 19.9 Å². The summed E-state index contributed by atoms with van der Waals surface area (Å²) in [7, 11) is 0. The van der Waals surface area contributed by atoms with E-state index in [1.807, 2.05) is 42.6 Å². The number of pyridine rings is 1. The van der Waals surface area contributed by atoms with E-state index in [2.05, 4.69) is 109 Å². The maximum absolute atomic E-state index is 6.26. The van der Waals surface area contributed by atoms with Crippen LogP contribution in [0.2, 0.25) is 0 Å². The molecule has 230 valence electrons. The van der Waals surface area contributed by atoms with Crippen molar-refractivity contribution in [2.24, 2.45) is 0 Å². The summed E-state index contributed by atoms with van der Waals surface area (Å²) in [6.07, 6.45) is 6.88. The van der Waals surface area contributed by atoms with Gasteiger partial charge in [-0.05, 0) is 58.0 Å². The van der Waals surface area contributed by atoms with E-state index in [0.717, 1.165) is 73.1 Å². The van der Waals surface area contributed by atoms with Crippen LogP contribution in [-0.4, -0.2) is 19.9 Å². The summed E-state index contributed by atoms with van der Waals surface area (Å²) in [5.41, 5.74) is 7.17. The molecule has 5 nitrogen and oxygen atoms in total. The highest BCUT2D eigenvalue weighted by molar-refractivity contribution is 6.20. The Morgan fingerprint density at radius 3 is 2.27 bits per heavy atom. The number of para-hydroxylation sites is 1. The Balaban J connectivity index is 1.16. The molecule has 0 amide bonds. The molecule has 0 radical (unpaired) electrons. The summed E-state index contributed by atoms with van der Waals surface area (Å²) in [4.78, 5) is 20.2. The predicted molar refractivity (Wildman–Crippen MR) is 198 cm³/mol. The summed E-state index contributed by atoms with van der Waals surface area (Å²) in [5.74, 6) is 2.85. The second kappa shape index (κ2) is 11.1. The Morgan fingerprint density at radius 1 is 0.571 bits per heavy atom. The van der Waals surface area contributed by atoms with Crippen LogP contribution in [0, 0.1) is 0 Å². The molecule has 1 aliphatic carbocycles. The summed E-state index contributed by atoms with van der Waals surface area (Å²) in [6, 6.07) is 46.4. The van der Waals surface area contributed by atoms with Crippen molar-refractivity contribution in [2.45, 2.75) is 12.3 Å². The van der Waals surface area contributed by atoms with Crippen LogP contribution in [0.25, 0.3) is 83.4 Å². The normalized spacial score (nSPS) is 14.2. The van der Waals surface area contributed by atoms with Gasteiger partial charge in [0.05, 0.1) is 11.4 Å². The Labute approximate surface area is 282 Å². The first-order valence-corrected chi connectivity index (χ1v) is 16.6. The third-order valence-corrected chi connectivity index (χ3v) is 9.69. The summed E-state index contributed by atoms with van der Waals surface area (Å²) < 4.78 is 6.26. The van der Waals surface area contributed by atoms with Gasteiger partial charge in [0.1, 0.15) is 17.2 Å². The van der Waals surface area contributed by atoms with E-state index in [4.69, 9.17) is 24.4 Å². The number of hydrogen-bond acceptors (Lipinski definition) is 5. The number of furan rings is 1. The molecule has 0 saturated carbocycles. The monoisotopic (exact) mass is 628 g/mol. The second-order valence-corrected chi connectivity index (χ2v) is 12.6. The quantitative estimate of drug-likeness (QED) is 0.181. The Hall–Kier alpha value is -6.46. The van der Waals surface area contributed by atoms with Gasteiger partial charge in [0, 0.05) is 39.0 Å². The highest BCUT2D eigenvalue weighted by Crippen LogP contribution is 2.42. The summed E-state index contributed by atoms with van der Waals surface area (Å²) in [6.45, 7) is 0. The van der Waals surface area contributed by atoms with Crippen molar-refractivity contribution in [1.29, 1.82) is 0 Å². The number of nitrogens with zero attached hydrogens (tertiary/aromatic N) is 4. The molecule has 3 aromatic heterocycles. The second-order valence-electron chi connectivity index (χ2n) is 12.6. The number of benzene rings is 6. The molecular formula is C44H28N4O. The first-order chi connectivity index (χ1) is 24.3. The van der Waals surface area contributed by atoms with Gasteiger partial charge in [-0.3, -0.25) is 4.98 Å². The van der Waals surface area contributed by atoms with Crippen molar-refractivity contribution < 1.29 is 4.42 Å².